The van der Waals surface area contributed by atoms with E-state index in [-0.39, 0.29) is 6.10 Å². The van der Waals surface area contributed by atoms with Gasteiger partial charge in [-0.25, -0.2) is 0 Å². The Hall–Kier alpha value is -0.820. The predicted molar refractivity (Wildman–Crippen MR) is 76.4 cm³/mol. The largest absolute Gasteiger partial charge is 0.380 e. The summed E-state index contributed by atoms with van der Waals surface area (Å²) in [5.41, 5.74) is 0. The molecular weight excluding hydrogens is 240 g/mol. The van der Waals surface area contributed by atoms with Crippen LogP contribution >= 0.6 is 0 Å². The van der Waals surface area contributed by atoms with E-state index < -0.39 is 11.9 Å². The summed E-state index contributed by atoms with van der Waals surface area (Å²) < 4.78 is 5.13. The van der Waals surface area contributed by atoms with E-state index in [1.807, 2.05) is 19.1 Å². The van der Waals surface area contributed by atoms with Crippen molar-refractivity contribution < 1.29 is 14.9 Å². The molecule has 0 aromatic carbocycles. The Morgan fingerprint density at radius 2 is 2.00 bits per heavy atom. The van der Waals surface area contributed by atoms with Crippen LogP contribution < -0.4 is 0 Å². The number of epoxide rings is 1. The molecule has 0 aliphatic carbocycles. The molecule has 0 aromatic heterocycles. The van der Waals surface area contributed by atoms with Crippen molar-refractivity contribution in [2.75, 3.05) is 0 Å². The second-order valence-corrected chi connectivity index (χ2v) is 5.06. The third kappa shape index (κ3) is 6.24. The topological polar surface area (TPSA) is 53.0 Å². The van der Waals surface area contributed by atoms with E-state index in [2.05, 4.69) is 18.8 Å². The third-order valence-corrected chi connectivity index (χ3v) is 3.22. The first kappa shape index (κ1) is 16.2. The van der Waals surface area contributed by atoms with E-state index in [1.54, 1.807) is 0 Å². The molecular formula is C16H26O3. The molecule has 1 saturated heterocycles. The van der Waals surface area contributed by atoms with Gasteiger partial charge in [0.15, 0.2) is 0 Å². The molecule has 0 amide bonds. The monoisotopic (exact) mass is 266 g/mol. The van der Waals surface area contributed by atoms with Gasteiger partial charge >= 0.3 is 0 Å². The highest BCUT2D eigenvalue weighted by Crippen LogP contribution is 2.34. The molecule has 3 unspecified atom stereocenters. The van der Waals surface area contributed by atoms with Crippen LogP contribution in [0.15, 0.2) is 12.2 Å². The first-order chi connectivity index (χ1) is 9.12. The van der Waals surface area contributed by atoms with Crippen LogP contribution in [0.25, 0.3) is 0 Å². The summed E-state index contributed by atoms with van der Waals surface area (Å²) in [7, 11) is 0. The molecule has 3 nitrogen and oxygen atoms in total. The summed E-state index contributed by atoms with van der Waals surface area (Å²) in [6.07, 6.45) is 10.8. The average Bonchev–Trinajstić information content (AvgIpc) is 3.06. The van der Waals surface area contributed by atoms with Gasteiger partial charge in [-0.2, -0.15) is 0 Å². The second-order valence-electron chi connectivity index (χ2n) is 5.06. The molecule has 19 heavy (non-hydrogen) atoms. The summed E-state index contributed by atoms with van der Waals surface area (Å²) in [4.78, 5) is 0. The Kier molecular flexibility index (Phi) is 7.15. The molecule has 1 aliphatic heterocycles. The standard InChI is InChI=1S/C16H26O3/c1-3-5-6-7-8-9-10-11-15-16(18,19-15)13-12-14(17)4-2/h10-11,14-15,17-18H,3-9H2,1-2H3/b11-10-. The Labute approximate surface area is 116 Å². The smallest absolute Gasteiger partial charge is 0.263 e. The minimum Gasteiger partial charge on any atom is -0.380 e. The summed E-state index contributed by atoms with van der Waals surface area (Å²) >= 11 is 0. The van der Waals surface area contributed by atoms with Crippen LogP contribution in [0.5, 0.6) is 0 Å². The van der Waals surface area contributed by atoms with Crippen LogP contribution in [-0.4, -0.2) is 28.2 Å². The van der Waals surface area contributed by atoms with Gasteiger partial charge in [-0.3, -0.25) is 0 Å². The number of unbranched alkanes of at least 4 members (excludes halogenated alkanes) is 5. The van der Waals surface area contributed by atoms with E-state index in [0.717, 1.165) is 6.42 Å². The van der Waals surface area contributed by atoms with Gasteiger partial charge in [-0.15, -0.1) is 0 Å². The lowest BCUT2D eigenvalue weighted by atomic mass is 10.1. The molecule has 3 atom stereocenters. The highest BCUT2D eigenvalue weighted by Gasteiger charge is 2.53. The first-order valence-corrected chi connectivity index (χ1v) is 7.40. The predicted octanol–water partition coefficient (Wildman–Crippen LogP) is 2.76. The molecule has 0 spiro atoms. The lowest BCUT2D eigenvalue weighted by Crippen LogP contribution is -2.11. The quantitative estimate of drug-likeness (QED) is 0.307. The van der Waals surface area contributed by atoms with Crippen molar-refractivity contribution in [1.82, 2.24) is 0 Å². The summed E-state index contributed by atoms with van der Waals surface area (Å²) in [5, 5.41) is 19.1. The minimum absolute atomic E-state index is 0.334. The lowest BCUT2D eigenvalue weighted by molar-refractivity contribution is 0.0910. The zero-order chi connectivity index (χ0) is 14.1. The molecule has 0 bridgehead atoms. The van der Waals surface area contributed by atoms with Crippen molar-refractivity contribution in [2.24, 2.45) is 0 Å². The van der Waals surface area contributed by atoms with E-state index in [9.17, 15) is 10.2 Å². The van der Waals surface area contributed by atoms with Crippen LogP contribution in [0, 0.1) is 11.8 Å². The maximum absolute atomic E-state index is 9.85. The Morgan fingerprint density at radius 1 is 1.26 bits per heavy atom. The average molecular weight is 266 g/mol. The third-order valence-electron chi connectivity index (χ3n) is 3.22. The normalized spacial score (nSPS) is 27.1. The highest BCUT2D eigenvalue weighted by atomic mass is 16.7. The van der Waals surface area contributed by atoms with Gasteiger partial charge in [0.1, 0.15) is 12.2 Å². The van der Waals surface area contributed by atoms with E-state index in [4.69, 9.17) is 4.74 Å². The van der Waals surface area contributed by atoms with Crippen molar-refractivity contribution >= 4 is 0 Å². The first-order valence-electron chi connectivity index (χ1n) is 7.40. The SMILES string of the molecule is CCCCCCC/C=C\C1OC1(O)C#CC(O)CC. The summed E-state index contributed by atoms with van der Waals surface area (Å²) in [5.74, 6) is 3.80. The second kappa shape index (κ2) is 8.37. The molecule has 0 aromatic rings. The molecule has 108 valence electrons. The minimum atomic E-state index is -1.37. The number of hydrogen-bond donors (Lipinski definition) is 2. The van der Waals surface area contributed by atoms with Gasteiger partial charge in [0.05, 0.1) is 0 Å². The fourth-order valence-electron chi connectivity index (χ4n) is 1.80. The lowest BCUT2D eigenvalue weighted by Gasteiger charge is -1.96. The molecule has 1 heterocycles. The molecule has 0 radical (unpaired) electrons. The van der Waals surface area contributed by atoms with Gasteiger partial charge in [0.25, 0.3) is 5.79 Å². The zero-order valence-corrected chi connectivity index (χ0v) is 12.1. The Morgan fingerprint density at radius 3 is 2.68 bits per heavy atom. The van der Waals surface area contributed by atoms with Gasteiger partial charge < -0.3 is 14.9 Å². The highest BCUT2D eigenvalue weighted by molar-refractivity contribution is 5.25. The van der Waals surface area contributed by atoms with Crippen molar-refractivity contribution in [1.29, 1.82) is 0 Å². The van der Waals surface area contributed by atoms with Crippen molar-refractivity contribution in [3.63, 3.8) is 0 Å². The molecule has 1 fully saturated rings. The van der Waals surface area contributed by atoms with Gasteiger partial charge in [0, 0.05) is 0 Å². The van der Waals surface area contributed by atoms with Crippen LogP contribution in [-0.2, 0) is 4.74 Å². The molecule has 3 heteroatoms. The van der Waals surface area contributed by atoms with Crippen LogP contribution in [0.2, 0.25) is 0 Å². The molecule has 0 saturated carbocycles. The van der Waals surface area contributed by atoms with Crippen LogP contribution in [0.4, 0.5) is 0 Å². The van der Waals surface area contributed by atoms with Crippen molar-refractivity contribution in [3.8, 4) is 11.8 Å². The molecule has 1 aliphatic rings. The molecule has 1 rings (SSSR count). The maximum atomic E-state index is 9.85. The van der Waals surface area contributed by atoms with Gasteiger partial charge in [-0.1, -0.05) is 57.6 Å². The Bertz CT molecular complexity index is 340. The number of ether oxygens (including phenoxy) is 1. The van der Waals surface area contributed by atoms with Crippen LogP contribution in [0.3, 0.4) is 0 Å². The van der Waals surface area contributed by atoms with E-state index >= 15 is 0 Å². The Balaban J connectivity index is 2.16. The fourth-order valence-corrected chi connectivity index (χ4v) is 1.80. The van der Waals surface area contributed by atoms with Crippen LogP contribution in [0.1, 0.15) is 58.8 Å². The molecule has 2 N–H and O–H groups in total. The number of allylic oxidation sites excluding steroid dienone is 1. The van der Waals surface area contributed by atoms with E-state index in [0.29, 0.717) is 6.42 Å². The van der Waals surface area contributed by atoms with Gasteiger partial charge in [0.2, 0.25) is 0 Å². The number of hydrogen-bond acceptors (Lipinski definition) is 3. The fraction of sp³-hybridized carbons (Fsp3) is 0.750. The summed E-state index contributed by atoms with van der Waals surface area (Å²) in [6, 6.07) is 0. The number of aliphatic hydroxyl groups excluding tert-OH is 1. The number of rotatable bonds is 8. The maximum Gasteiger partial charge on any atom is 0.263 e. The number of aliphatic hydroxyl groups is 2. The summed E-state index contributed by atoms with van der Waals surface area (Å²) in [6.45, 7) is 4.05. The van der Waals surface area contributed by atoms with Gasteiger partial charge in [-0.05, 0) is 25.2 Å². The van der Waals surface area contributed by atoms with E-state index in [1.165, 1.54) is 32.1 Å². The van der Waals surface area contributed by atoms with Crippen molar-refractivity contribution in [3.05, 3.63) is 12.2 Å². The van der Waals surface area contributed by atoms with Crippen molar-refractivity contribution in [2.45, 2.75) is 76.8 Å². The zero-order valence-electron chi connectivity index (χ0n) is 12.1.